The summed E-state index contributed by atoms with van der Waals surface area (Å²) in [6, 6.07) is 6.58. The van der Waals surface area contributed by atoms with Crippen molar-refractivity contribution >= 4 is 33.5 Å². The van der Waals surface area contributed by atoms with Crippen LogP contribution in [0.5, 0.6) is 0 Å². The fraction of sp³-hybridized carbons (Fsp3) is 0.304. The molecule has 7 nitrogen and oxygen atoms in total. The number of hydrogen-bond donors (Lipinski definition) is 0. The minimum Gasteiger partial charge on any atom is -0.346 e. The second-order valence-corrected chi connectivity index (χ2v) is 8.87. The van der Waals surface area contributed by atoms with E-state index in [2.05, 4.69) is 20.0 Å². The van der Waals surface area contributed by atoms with E-state index in [9.17, 15) is 18.0 Å². The van der Waals surface area contributed by atoms with E-state index in [1.54, 1.807) is 29.4 Å². The monoisotopic (exact) mass is 487 g/mol. The normalized spacial score (nSPS) is 15.1. The van der Waals surface area contributed by atoms with Crippen molar-refractivity contribution in [2.45, 2.75) is 19.5 Å². The molecule has 4 heterocycles. The number of amides is 1. The molecule has 0 unspecified atom stereocenters. The molecular formula is C23H20F3N5O2S. The Hall–Kier alpha value is -3.47. The molecule has 4 aromatic rings. The third kappa shape index (κ3) is 4.11. The van der Waals surface area contributed by atoms with Gasteiger partial charge in [-0.2, -0.15) is 13.2 Å². The molecule has 11 heteroatoms. The highest BCUT2D eigenvalue weighted by Gasteiger charge is 2.34. The van der Waals surface area contributed by atoms with Crippen molar-refractivity contribution in [1.82, 2.24) is 20.0 Å². The molecule has 1 aliphatic heterocycles. The minimum absolute atomic E-state index is 0.0131. The second kappa shape index (κ2) is 8.71. The summed E-state index contributed by atoms with van der Waals surface area (Å²) in [4.78, 5) is 26.1. The van der Waals surface area contributed by atoms with Gasteiger partial charge >= 0.3 is 6.18 Å². The van der Waals surface area contributed by atoms with Crippen molar-refractivity contribution < 1.29 is 22.5 Å². The number of carbonyl (C=O) groups excluding carboxylic acids is 1. The van der Waals surface area contributed by atoms with E-state index < -0.39 is 11.7 Å². The Labute approximate surface area is 196 Å². The molecule has 0 N–H and O–H groups in total. The van der Waals surface area contributed by atoms with Crippen molar-refractivity contribution in [3.63, 3.8) is 0 Å². The molecular weight excluding hydrogens is 467 g/mol. The summed E-state index contributed by atoms with van der Waals surface area (Å²) in [6.07, 6.45) is -2.08. The number of rotatable bonds is 3. The first-order valence-electron chi connectivity index (χ1n) is 10.7. The number of carbonyl (C=O) groups is 1. The van der Waals surface area contributed by atoms with Gasteiger partial charge in [-0.3, -0.25) is 4.79 Å². The number of hydrogen-bond acceptors (Lipinski definition) is 7. The van der Waals surface area contributed by atoms with Gasteiger partial charge in [0.1, 0.15) is 0 Å². The number of pyridine rings is 1. The lowest BCUT2D eigenvalue weighted by molar-refractivity contribution is -0.137. The largest absolute Gasteiger partial charge is 0.417 e. The van der Waals surface area contributed by atoms with Crippen molar-refractivity contribution in [2.24, 2.45) is 0 Å². The summed E-state index contributed by atoms with van der Waals surface area (Å²) < 4.78 is 46.2. The van der Waals surface area contributed by atoms with Crippen LogP contribution >= 0.6 is 11.3 Å². The summed E-state index contributed by atoms with van der Waals surface area (Å²) in [5, 5.41) is 7.14. The van der Waals surface area contributed by atoms with Gasteiger partial charge in [-0.1, -0.05) is 23.4 Å². The highest BCUT2D eigenvalue weighted by Crippen LogP contribution is 2.38. The maximum absolute atomic E-state index is 13.7. The van der Waals surface area contributed by atoms with Gasteiger partial charge in [0, 0.05) is 43.3 Å². The zero-order valence-corrected chi connectivity index (χ0v) is 19.0. The summed E-state index contributed by atoms with van der Waals surface area (Å²) in [5.41, 5.74) is -0.205. The molecule has 0 atom stereocenters. The van der Waals surface area contributed by atoms with Crippen LogP contribution in [0.25, 0.3) is 22.4 Å². The Morgan fingerprint density at radius 1 is 1.15 bits per heavy atom. The lowest BCUT2D eigenvalue weighted by Gasteiger charge is -2.22. The van der Waals surface area contributed by atoms with Crippen LogP contribution in [0.4, 0.5) is 18.3 Å². The summed E-state index contributed by atoms with van der Waals surface area (Å²) in [6.45, 7) is 4.03. The number of aromatic nitrogens is 3. The molecule has 34 heavy (non-hydrogen) atoms. The van der Waals surface area contributed by atoms with E-state index in [1.165, 1.54) is 24.3 Å². The molecule has 0 saturated carbocycles. The van der Waals surface area contributed by atoms with Gasteiger partial charge < -0.3 is 14.3 Å². The predicted molar refractivity (Wildman–Crippen MR) is 122 cm³/mol. The number of nitrogens with zero attached hydrogens (tertiary/aromatic N) is 5. The molecule has 176 valence electrons. The van der Waals surface area contributed by atoms with Crippen molar-refractivity contribution in [2.75, 3.05) is 31.1 Å². The Bertz CT molecular complexity index is 1340. The maximum Gasteiger partial charge on any atom is 0.417 e. The van der Waals surface area contributed by atoms with Crippen molar-refractivity contribution in [1.29, 1.82) is 0 Å². The molecule has 3 aromatic heterocycles. The Kier molecular flexibility index (Phi) is 5.72. The molecule has 1 amide bonds. The lowest BCUT2D eigenvalue weighted by Crippen LogP contribution is -2.35. The van der Waals surface area contributed by atoms with Crippen molar-refractivity contribution in [3.8, 4) is 11.3 Å². The molecule has 1 aromatic carbocycles. The van der Waals surface area contributed by atoms with Crippen LogP contribution in [0.3, 0.4) is 0 Å². The molecule has 0 radical (unpaired) electrons. The Balaban J connectivity index is 1.54. The molecule has 1 fully saturated rings. The number of fused-ring (bicyclic) bond motifs is 1. The predicted octanol–water partition coefficient (Wildman–Crippen LogP) is 5.03. The SMILES string of the molecule is Cc1noc2nc(-c3ccccc3C(F)(F)F)cc(C(=O)N3CCCN(c4nccs4)CC3)c12. The number of aryl methyl sites for hydroxylation is 1. The molecule has 5 rings (SSSR count). The molecule has 0 spiro atoms. The van der Waals surface area contributed by atoms with E-state index in [0.717, 1.165) is 24.2 Å². The summed E-state index contributed by atoms with van der Waals surface area (Å²) >= 11 is 1.54. The second-order valence-electron chi connectivity index (χ2n) is 7.99. The van der Waals surface area contributed by atoms with E-state index in [1.807, 2.05) is 5.38 Å². The molecule has 0 bridgehead atoms. The smallest absolute Gasteiger partial charge is 0.346 e. The van der Waals surface area contributed by atoms with Crippen LogP contribution < -0.4 is 4.90 Å². The Morgan fingerprint density at radius 3 is 2.74 bits per heavy atom. The van der Waals surface area contributed by atoms with Crippen molar-refractivity contribution in [3.05, 3.63) is 58.7 Å². The number of benzene rings is 1. The molecule has 1 saturated heterocycles. The van der Waals surface area contributed by atoms with Gasteiger partial charge in [-0.15, -0.1) is 11.3 Å². The standard InChI is InChI=1S/C23H20F3N5O2S/c1-14-19-16(21(32)30-8-4-9-31(11-10-30)22-27-7-12-34-22)13-18(28-20(19)33-29-14)15-5-2-3-6-17(15)23(24,25)26/h2-3,5-7,12-13H,4,8-11H2,1H3. The van der Waals surface area contributed by atoms with Gasteiger partial charge in [0.2, 0.25) is 0 Å². The first-order valence-corrected chi connectivity index (χ1v) is 11.6. The molecule has 1 aliphatic rings. The topological polar surface area (TPSA) is 75.4 Å². The average molecular weight is 488 g/mol. The Morgan fingerprint density at radius 2 is 1.97 bits per heavy atom. The van der Waals surface area contributed by atoms with Crippen LogP contribution in [0, 0.1) is 6.92 Å². The fourth-order valence-electron chi connectivity index (χ4n) is 4.21. The number of thiazole rings is 1. The van der Waals surface area contributed by atoms with E-state index in [0.29, 0.717) is 30.7 Å². The quantitative estimate of drug-likeness (QED) is 0.404. The summed E-state index contributed by atoms with van der Waals surface area (Å²) in [7, 11) is 0. The van der Waals surface area contributed by atoms with Crippen LogP contribution in [0.15, 0.2) is 46.4 Å². The van der Waals surface area contributed by atoms with Gasteiger partial charge in [0.25, 0.3) is 11.6 Å². The number of anilines is 1. The van der Waals surface area contributed by atoms with Crippen LogP contribution in [-0.2, 0) is 6.18 Å². The zero-order valence-electron chi connectivity index (χ0n) is 18.2. The van der Waals surface area contributed by atoms with Gasteiger partial charge in [-0.05, 0) is 25.5 Å². The number of alkyl halides is 3. The fourth-order valence-corrected chi connectivity index (χ4v) is 4.91. The highest BCUT2D eigenvalue weighted by molar-refractivity contribution is 7.13. The van der Waals surface area contributed by atoms with Crippen LogP contribution in [0.2, 0.25) is 0 Å². The van der Waals surface area contributed by atoms with E-state index in [4.69, 9.17) is 4.52 Å². The average Bonchev–Trinajstić information content (AvgIpc) is 3.42. The third-order valence-electron chi connectivity index (χ3n) is 5.83. The van der Waals surface area contributed by atoms with Crippen LogP contribution in [0.1, 0.15) is 28.0 Å². The highest BCUT2D eigenvalue weighted by atomic mass is 32.1. The summed E-state index contributed by atoms with van der Waals surface area (Å²) in [5.74, 6) is -0.287. The van der Waals surface area contributed by atoms with Gasteiger partial charge in [0.05, 0.1) is 27.9 Å². The van der Waals surface area contributed by atoms with Gasteiger partial charge in [-0.25, -0.2) is 9.97 Å². The van der Waals surface area contributed by atoms with E-state index in [-0.39, 0.29) is 28.4 Å². The zero-order chi connectivity index (χ0) is 23.9. The number of halogens is 3. The van der Waals surface area contributed by atoms with Gasteiger partial charge in [0.15, 0.2) is 5.13 Å². The molecule has 0 aliphatic carbocycles. The van der Waals surface area contributed by atoms with Crippen LogP contribution in [-0.4, -0.2) is 52.1 Å². The maximum atomic E-state index is 13.7. The third-order valence-corrected chi connectivity index (χ3v) is 6.66. The lowest BCUT2D eigenvalue weighted by atomic mass is 10.00. The first-order chi connectivity index (χ1) is 16.3. The first kappa shape index (κ1) is 22.3. The minimum atomic E-state index is -4.57. The van der Waals surface area contributed by atoms with E-state index >= 15 is 0 Å².